The smallest absolute Gasteiger partial charge is 0.189 e. The van der Waals surface area contributed by atoms with E-state index in [0.29, 0.717) is 0 Å². The zero-order valence-electron chi connectivity index (χ0n) is 24.1. The van der Waals surface area contributed by atoms with Gasteiger partial charge in [-0.15, -0.1) is 0 Å². The highest BCUT2D eigenvalue weighted by molar-refractivity contribution is 5.85. The molecule has 0 radical (unpaired) electrons. The number of Topliss-reactive ketones (excluding diaryl/α,β-unsaturated/α-hetero) is 2. The van der Waals surface area contributed by atoms with Gasteiger partial charge < -0.3 is 101 Å². The molecule has 2 heterocycles. The SMILES string of the molecule is O=C(CO)[C@@H](O)[C@H](O)[C@H](O)CO[C@H]1O[C@H](CO)[C@@H](O)[C@H](O)[C@H]1O.O=C(COC1O[C@H](CO)[C@@H](O)[C@H](O)[C@H]1O)[C@@H](O)[C@H](O)[C@H](O)CO. The standard InChI is InChI=1S/2C12H22O11/c2*13-1-4(15)7(17)8(18)5(16)3-22-12-11(21)10(20)9(19)6(2-14)23-12/h5-14,16-21H,1-3H2;4,6-15,17-21H,1-3H2/t5-,6-,7-,8-,9-,10+,11-,12+;4-,6-,7-,8-,9-,10+,11-,12?/m11/s1. The summed E-state index contributed by atoms with van der Waals surface area (Å²) in [7, 11) is 0. The Morgan fingerprint density at radius 2 is 0.978 bits per heavy atom. The number of aliphatic hydroxyl groups is 16. The van der Waals surface area contributed by atoms with E-state index in [0.717, 1.165) is 0 Å². The van der Waals surface area contributed by atoms with E-state index in [-0.39, 0.29) is 0 Å². The Balaban J connectivity index is 0.000000460. The van der Waals surface area contributed by atoms with E-state index in [1.807, 2.05) is 0 Å². The van der Waals surface area contributed by atoms with Crippen molar-refractivity contribution in [1.29, 1.82) is 0 Å². The molecule has 0 amide bonds. The fraction of sp³-hybridized carbons (Fsp3) is 0.917. The van der Waals surface area contributed by atoms with Gasteiger partial charge in [0.2, 0.25) is 0 Å². The number of carbonyl (C=O) groups is 2. The van der Waals surface area contributed by atoms with Gasteiger partial charge in [-0.3, -0.25) is 9.59 Å². The highest BCUT2D eigenvalue weighted by Gasteiger charge is 2.46. The lowest BCUT2D eigenvalue weighted by atomic mass is 9.99. The van der Waals surface area contributed by atoms with E-state index >= 15 is 0 Å². The van der Waals surface area contributed by atoms with Gasteiger partial charge in [0.05, 0.1) is 26.4 Å². The van der Waals surface area contributed by atoms with E-state index < -0.39 is 149 Å². The summed E-state index contributed by atoms with van der Waals surface area (Å²) in [6.07, 6.45) is -26.9. The summed E-state index contributed by atoms with van der Waals surface area (Å²) < 4.78 is 19.8. The molecule has 0 bridgehead atoms. The predicted molar refractivity (Wildman–Crippen MR) is 140 cm³/mol. The van der Waals surface area contributed by atoms with Crippen molar-refractivity contribution >= 4 is 11.6 Å². The average Bonchev–Trinajstić information content (AvgIpc) is 3.06. The van der Waals surface area contributed by atoms with Crippen molar-refractivity contribution in [2.24, 2.45) is 0 Å². The number of ether oxygens (including phenoxy) is 4. The number of hydrogen-bond acceptors (Lipinski definition) is 22. The summed E-state index contributed by atoms with van der Waals surface area (Å²) in [6, 6.07) is 0. The largest absolute Gasteiger partial charge is 0.394 e. The first-order valence-electron chi connectivity index (χ1n) is 13.7. The molecule has 2 aliphatic heterocycles. The molecule has 2 rings (SSSR count). The van der Waals surface area contributed by atoms with Crippen molar-refractivity contribution in [1.82, 2.24) is 0 Å². The summed E-state index contributed by atoms with van der Waals surface area (Å²) in [5, 5.41) is 149. The lowest BCUT2D eigenvalue weighted by Crippen LogP contribution is -2.59. The molecule has 16 atom stereocenters. The van der Waals surface area contributed by atoms with Gasteiger partial charge >= 0.3 is 0 Å². The highest BCUT2D eigenvalue weighted by Crippen LogP contribution is 2.23. The molecule has 2 aliphatic rings. The summed E-state index contributed by atoms with van der Waals surface area (Å²) in [4.78, 5) is 22.6. The van der Waals surface area contributed by atoms with Crippen LogP contribution in [-0.4, -0.2) is 231 Å². The third-order valence-corrected chi connectivity index (χ3v) is 6.96. The molecule has 0 aromatic carbocycles. The fourth-order valence-corrected chi connectivity index (χ4v) is 3.96. The zero-order valence-corrected chi connectivity index (χ0v) is 24.1. The molecule has 16 N–H and O–H groups in total. The van der Waals surface area contributed by atoms with Gasteiger partial charge in [-0.2, -0.15) is 0 Å². The maximum absolute atomic E-state index is 11.6. The number of hydrogen-bond donors (Lipinski definition) is 16. The minimum Gasteiger partial charge on any atom is -0.394 e. The van der Waals surface area contributed by atoms with Crippen LogP contribution in [0.1, 0.15) is 0 Å². The molecule has 2 fully saturated rings. The average molecular weight is 685 g/mol. The zero-order chi connectivity index (χ0) is 35.5. The van der Waals surface area contributed by atoms with Crippen LogP contribution in [0.15, 0.2) is 0 Å². The maximum atomic E-state index is 11.6. The van der Waals surface area contributed by atoms with E-state index in [9.17, 15) is 65.8 Å². The molecule has 0 aromatic heterocycles. The van der Waals surface area contributed by atoms with Crippen molar-refractivity contribution in [2.75, 3.05) is 39.6 Å². The van der Waals surface area contributed by atoms with Gasteiger partial charge in [-0.05, 0) is 0 Å². The van der Waals surface area contributed by atoms with Crippen LogP contribution in [0.4, 0.5) is 0 Å². The third kappa shape index (κ3) is 11.3. The molecule has 0 aromatic rings. The van der Waals surface area contributed by atoms with Crippen LogP contribution in [0.3, 0.4) is 0 Å². The lowest BCUT2D eigenvalue weighted by molar-refractivity contribution is -0.306. The molecule has 0 spiro atoms. The van der Waals surface area contributed by atoms with Crippen molar-refractivity contribution in [2.45, 2.75) is 98.0 Å². The Bertz CT molecular complexity index is 892. The van der Waals surface area contributed by atoms with E-state index in [4.69, 9.17) is 44.5 Å². The molecular weight excluding hydrogens is 640 g/mol. The monoisotopic (exact) mass is 684 g/mol. The Hall–Kier alpha value is -1.46. The first kappa shape index (κ1) is 42.6. The Morgan fingerprint density at radius 1 is 0.565 bits per heavy atom. The normalized spacial score (nSPS) is 35.6. The van der Waals surface area contributed by atoms with Gasteiger partial charge in [0.15, 0.2) is 24.1 Å². The van der Waals surface area contributed by atoms with Crippen LogP contribution < -0.4 is 0 Å². The van der Waals surface area contributed by atoms with Crippen LogP contribution in [-0.2, 0) is 28.5 Å². The van der Waals surface area contributed by atoms with Crippen molar-refractivity contribution in [3.63, 3.8) is 0 Å². The molecule has 0 saturated carbocycles. The third-order valence-electron chi connectivity index (χ3n) is 6.96. The van der Waals surface area contributed by atoms with Crippen LogP contribution >= 0.6 is 0 Å². The Morgan fingerprint density at radius 3 is 1.39 bits per heavy atom. The van der Waals surface area contributed by atoms with E-state index in [1.54, 1.807) is 0 Å². The minimum atomic E-state index is -2.05. The number of aliphatic hydroxyl groups excluding tert-OH is 16. The second kappa shape index (κ2) is 20.1. The molecule has 22 heteroatoms. The van der Waals surface area contributed by atoms with Gasteiger partial charge in [-0.25, -0.2) is 0 Å². The fourth-order valence-electron chi connectivity index (χ4n) is 3.96. The Kier molecular flexibility index (Phi) is 18.6. The maximum Gasteiger partial charge on any atom is 0.189 e. The molecular formula is C24H44O22. The Labute approximate surface area is 260 Å². The number of rotatable bonds is 16. The molecule has 2 saturated heterocycles. The van der Waals surface area contributed by atoms with Gasteiger partial charge in [-0.1, -0.05) is 0 Å². The summed E-state index contributed by atoms with van der Waals surface area (Å²) in [5.74, 6) is -2.19. The van der Waals surface area contributed by atoms with Crippen LogP contribution in [0.25, 0.3) is 0 Å². The molecule has 1 unspecified atom stereocenters. The number of carbonyl (C=O) groups excluding carboxylic acids is 2. The number of ketones is 2. The van der Waals surface area contributed by atoms with Crippen molar-refractivity contribution in [3.8, 4) is 0 Å². The summed E-state index contributed by atoms with van der Waals surface area (Å²) in [5.41, 5.74) is 0. The molecule has 272 valence electrons. The highest BCUT2D eigenvalue weighted by atomic mass is 16.7. The second-order valence-corrected chi connectivity index (χ2v) is 10.3. The summed E-state index contributed by atoms with van der Waals surface area (Å²) >= 11 is 0. The van der Waals surface area contributed by atoms with E-state index in [2.05, 4.69) is 0 Å². The van der Waals surface area contributed by atoms with Crippen molar-refractivity contribution in [3.05, 3.63) is 0 Å². The van der Waals surface area contributed by atoms with Crippen LogP contribution in [0, 0.1) is 0 Å². The van der Waals surface area contributed by atoms with Crippen molar-refractivity contribution < 1.29 is 110 Å². The van der Waals surface area contributed by atoms with Crippen LogP contribution in [0.5, 0.6) is 0 Å². The minimum absolute atomic E-state index is 0.667. The summed E-state index contributed by atoms with van der Waals surface area (Å²) in [6.45, 7) is -4.82. The molecule has 0 aliphatic carbocycles. The lowest BCUT2D eigenvalue weighted by Gasteiger charge is -2.40. The predicted octanol–water partition coefficient (Wildman–Crippen LogP) is -11.1. The first-order valence-corrected chi connectivity index (χ1v) is 13.7. The van der Waals surface area contributed by atoms with Gasteiger partial charge in [0.25, 0.3) is 0 Å². The molecule has 22 nitrogen and oxygen atoms in total. The van der Waals surface area contributed by atoms with Crippen LogP contribution in [0.2, 0.25) is 0 Å². The topological polar surface area (TPSA) is 395 Å². The van der Waals surface area contributed by atoms with E-state index in [1.165, 1.54) is 0 Å². The van der Waals surface area contributed by atoms with Gasteiger partial charge in [0.1, 0.15) is 98.7 Å². The second-order valence-electron chi connectivity index (χ2n) is 10.3. The molecule has 46 heavy (non-hydrogen) atoms. The quantitative estimate of drug-likeness (QED) is 0.0717. The first-order chi connectivity index (χ1) is 21.5. The van der Waals surface area contributed by atoms with Gasteiger partial charge in [0, 0.05) is 0 Å².